The number of hydrogen-bond donors (Lipinski definition) is 4. The van der Waals surface area contributed by atoms with Gasteiger partial charge in [-0.1, -0.05) is 33.8 Å². The molecule has 0 aromatic rings. The molecular formula is C12H25N4O+. The zero-order valence-electron chi connectivity index (χ0n) is 11.2. The molecule has 6 N–H and O–H groups in total. The van der Waals surface area contributed by atoms with Crippen LogP contribution in [0.2, 0.25) is 0 Å². The van der Waals surface area contributed by atoms with E-state index in [1.165, 1.54) is 0 Å². The van der Waals surface area contributed by atoms with Crippen LogP contribution in [0.25, 0.3) is 0 Å². The first-order valence-corrected chi connectivity index (χ1v) is 5.93. The van der Waals surface area contributed by atoms with Gasteiger partial charge in [0, 0.05) is 12.0 Å². The minimum absolute atomic E-state index is 0.0266. The van der Waals surface area contributed by atoms with Crippen LogP contribution in [-0.2, 0) is 4.79 Å². The Kier molecular flexibility index (Phi) is 7.21. The topological polar surface area (TPSA) is 95.1 Å². The van der Waals surface area contributed by atoms with Crippen molar-refractivity contribution < 1.29 is 9.79 Å². The number of carbonyl (C=O) groups is 1. The second kappa shape index (κ2) is 7.84. The minimum atomic E-state index is -0.160. The summed E-state index contributed by atoms with van der Waals surface area (Å²) in [5.74, 6) is 0.386. The van der Waals surface area contributed by atoms with Gasteiger partial charge in [0.15, 0.2) is 5.78 Å². The molecule has 5 nitrogen and oxygen atoms in total. The molecule has 0 unspecified atom stereocenters. The molecule has 0 heterocycles. The van der Waals surface area contributed by atoms with Crippen LogP contribution in [0.5, 0.6) is 0 Å². The number of rotatable bonds is 7. The second-order valence-corrected chi connectivity index (χ2v) is 4.67. The van der Waals surface area contributed by atoms with Crippen LogP contribution in [-0.4, -0.2) is 23.8 Å². The fraction of sp³-hybridized carbons (Fsp3) is 0.667. The molecule has 0 spiro atoms. The zero-order valence-corrected chi connectivity index (χ0v) is 11.2. The maximum absolute atomic E-state index is 11.9. The van der Waals surface area contributed by atoms with E-state index in [1.54, 1.807) is 6.20 Å². The smallest absolute Gasteiger partial charge is 0.305 e. The van der Waals surface area contributed by atoms with Gasteiger partial charge in [0.2, 0.25) is 0 Å². The van der Waals surface area contributed by atoms with Crippen molar-refractivity contribution in [2.75, 3.05) is 0 Å². The predicted octanol–water partition coefficient (Wildman–Crippen LogP) is -1.16. The van der Waals surface area contributed by atoms with E-state index in [9.17, 15) is 4.79 Å². The minimum Gasteiger partial charge on any atom is -0.305 e. The number of Topliss-reactive ketones (excluding diaryl/α,β-unsaturated/α-hetero) is 1. The van der Waals surface area contributed by atoms with Gasteiger partial charge in [0.05, 0.1) is 12.2 Å². The van der Waals surface area contributed by atoms with Gasteiger partial charge in [-0.2, -0.15) is 0 Å². The Morgan fingerprint density at radius 3 is 2.29 bits per heavy atom. The van der Waals surface area contributed by atoms with Crippen LogP contribution in [0.4, 0.5) is 0 Å². The largest absolute Gasteiger partial charge is 0.343 e. The van der Waals surface area contributed by atoms with Crippen molar-refractivity contribution in [2.45, 2.75) is 46.2 Å². The van der Waals surface area contributed by atoms with E-state index < -0.39 is 0 Å². The SMILES string of the molecule is CC(C)N[C@@H](C/C=C/[NH+]=C(N)N)C(=O)C(C)C. The van der Waals surface area contributed by atoms with Crippen LogP contribution in [0.3, 0.4) is 0 Å². The van der Waals surface area contributed by atoms with E-state index >= 15 is 0 Å². The molecule has 0 saturated carbocycles. The van der Waals surface area contributed by atoms with Crippen LogP contribution in [0.15, 0.2) is 12.3 Å². The number of guanidine groups is 1. The third-order valence-electron chi connectivity index (χ3n) is 2.19. The molecule has 98 valence electrons. The monoisotopic (exact) mass is 241 g/mol. The lowest BCUT2D eigenvalue weighted by molar-refractivity contribution is -0.375. The number of ketones is 1. The first kappa shape index (κ1) is 15.6. The lowest BCUT2D eigenvalue weighted by Crippen LogP contribution is -2.72. The molecule has 0 aromatic heterocycles. The number of carbonyl (C=O) groups excluding carboxylic acids is 1. The molecule has 5 heteroatoms. The van der Waals surface area contributed by atoms with Crippen molar-refractivity contribution in [1.29, 1.82) is 0 Å². The van der Waals surface area contributed by atoms with Crippen molar-refractivity contribution in [3.63, 3.8) is 0 Å². The normalized spacial score (nSPS) is 13.3. The number of nitrogens with one attached hydrogen (secondary N) is 2. The summed E-state index contributed by atoms with van der Waals surface area (Å²) in [6, 6.07) is 0.113. The summed E-state index contributed by atoms with van der Waals surface area (Å²) in [5, 5.41) is 3.25. The third kappa shape index (κ3) is 7.52. The van der Waals surface area contributed by atoms with Crippen LogP contribution in [0, 0.1) is 5.92 Å². The highest BCUT2D eigenvalue weighted by molar-refractivity contribution is 5.85. The van der Waals surface area contributed by atoms with Gasteiger partial charge in [0.1, 0.15) is 0 Å². The van der Waals surface area contributed by atoms with Gasteiger partial charge in [-0.3, -0.25) is 21.3 Å². The maximum atomic E-state index is 11.9. The van der Waals surface area contributed by atoms with Crippen molar-refractivity contribution in [3.8, 4) is 0 Å². The summed E-state index contributed by atoms with van der Waals surface area (Å²) in [4.78, 5) is 14.6. The van der Waals surface area contributed by atoms with Crippen molar-refractivity contribution in [3.05, 3.63) is 12.3 Å². The number of hydrogen-bond acceptors (Lipinski definition) is 2. The first-order valence-electron chi connectivity index (χ1n) is 5.93. The van der Waals surface area contributed by atoms with E-state index in [-0.39, 0.29) is 29.7 Å². The molecule has 0 aliphatic carbocycles. The Morgan fingerprint density at radius 1 is 1.29 bits per heavy atom. The summed E-state index contributed by atoms with van der Waals surface area (Å²) >= 11 is 0. The molecule has 0 radical (unpaired) electrons. The van der Waals surface area contributed by atoms with E-state index in [0.717, 1.165) is 0 Å². The molecule has 0 aliphatic rings. The standard InChI is InChI=1S/C12H24N4O/c1-8(2)11(17)10(16-9(3)4)6-5-7-15-12(13)14/h5,7-10,16H,6H2,1-4H3,(H4,13,14,15)/p+1/b7-5+/t10-/m0/s1. The maximum Gasteiger partial charge on any atom is 0.343 e. The van der Waals surface area contributed by atoms with Gasteiger partial charge < -0.3 is 5.32 Å². The van der Waals surface area contributed by atoms with Crippen LogP contribution in [0.1, 0.15) is 34.1 Å². The first-order chi connectivity index (χ1) is 7.84. The van der Waals surface area contributed by atoms with Crippen molar-refractivity contribution >= 4 is 11.7 Å². The molecule has 0 aromatic carbocycles. The van der Waals surface area contributed by atoms with E-state index in [0.29, 0.717) is 6.42 Å². The number of nitrogens with two attached hydrogens (primary N) is 2. The van der Waals surface area contributed by atoms with E-state index in [2.05, 4.69) is 10.3 Å². The summed E-state index contributed by atoms with van der Waals surface area (Å²) in [6.07, 6.45) is 4.12. The highest BCUT2D eigenvalue weighted by Crippen LogP contribution is 2.05. The molecule has 0 saturated heterocycles. The summed E-state index contributed by atoms with van der Waals surface area (Å²) in [6.45, 7) is 7.86. The molecule has 0 fully saturated rings. The zero-order chi connectivity index (χ0) is 13.4. The highest BCUT2D eigenvalue weighted by Gasteiger charge is 2.20. The Bertz CT molecular complexity index is 291. The third-order valence-corrected chi connectivity index (χ3v) is 2.19. The molecular weight excluding hydrogens is 216 g/mol. The van der Waals surface area contributed by atoms with Crippen LogP contribution < -0.4 is 21.8 Å². The van der Waals surface area contributed by atoms with Crippen molar-refractivity contribution in [1.82, 2.24) is 5.32 Å². The molecule has 1 atom stereocenters. The van der Waals surface area contributed by atoms with Gasteiger partial charge in [-0.15, -0.1) is 0 Å². The van der Waals surface area contributed by atoms with Gasteiger partial charge in [0.25, 0.3) is 0 Å². The molecule has 0 amide bonds. The average Bonchev–Trinajstić information content (AvgIpc) is 2.20. The Morgan fingerprint density at radius 2 is 1.88 bits per heavy atom. The Balaban J connectivity index is 4.44. The second-order valence-electron chi connectivity index (χ2n) is 4.67. The lowest BCUT2D eigenvalue weighted by Gasteiger charge is -2.20. The van der Waals surface area contributed by atoms with Crippen molar-refractivity contribution in [2.24, 2.45) is 17.4 Å². The average molecular weight is 241 g/mol. The Hall–Kier alpha value is -1.36. The highest BCUT2D eigenvalue weighted by atomic mass is 16.1. The Labute approximate surface area is 103 Å². The molecule has 0 aliphatic heterocycles. The van der Waals surface area contributed by atoms with E-state index in [4.69, 9.17) is 11.5 Å². The van der Waals surface area contributed by atoms with E-state index in [1.807, 2.05) is 33.8 Å². The summed E-state index contributed by atoms with van der Waals surface area (Å²) in [5.41, 5.74) is 10.5. The lowest BCUT2D eigenvalue weighted by atomic mass is 9.98. The predicted molar refractivity (Wildman–Crippen MR) is 70.0 cm³/mol. The fourth-order valence-corrected chi connectivity index (χ4v) is 1.43. The summed E-state index contributed by atoms with van der Waals surface area (Å²) < 4.78 is 0. The quantitative estimate of drug-likeness (QED) is 0.334. The molecule has 0 bridgehead atoms. The van der Waals surface area contributed by atoms with Gasteiger partial charge in [-0.05, 0) is 6.42 Å². The van der Waals surface area contributed by atoms with Crippen LogP contribution >= 0.6 is 0 Å². The fourth-order valence-electron chi connectivity index (χ4n) is 1.43. The van der Waals surface area contributed by atoms with Gasteiger partial charge >= 0.3 is 5.96 Å². The molecule has 17 heavy (non-hydrogen) atoms. The summed E-state index contributed by atoms with van der Waals surface area (Å²) in [7, 11) is 0. The van der Waals surface area contributed by atoms with Gasteiger partial charge in [-0.25, -0.2) is 0 Å². The molecule has 0 rings (SSSR count).